The van der Waals surface area contributed by atoms with Crippen molar-refractivity contribution in [1.82, 2.24) is 9.80 Å². The molecule has 1 amide bonds. The first kappa shape index (κ1) is 17.4. The Bertz CT molecular complexity index is 555. The van der Waals surface area contributed by atoms with Crippen molar-refractivity contribution in [3.63, 3.8) is 0 Å². The Morgan fingerprint density at radius 1 is 1.12 bits per heavy atom. The molecular weight excluding hydrogens is 298 g/mol. The molecule has 0 radical (unpaired) electrons. The van der Waals surface area contributed by atoms with Crippen molar-refractivity contribution in [3.05, 3.63) is 29.8 Å². The Morgan fingerprint density at radius 3 is 2.42 bits per heavy atom. The molecule has 1 atom stereocenters. The Hall–Kier alpha value is -1.39. The number of anilines is 1. The summed E-state index contributed by atoms with van der Waals surface area (Å²) in [7, 11) is 0. The van der Waals surface area contributed by atoms with Crippen LogP contribution < -0.4 is 5.32 Å². The minimum absolute atomic E-state index is 0.0978. The largest absolute Gasteiger partial charge is 0.325 e. The number of hydrogen-bond donors (Lipinski definition) is 1. The van der Waals surface area contributed by atoms with Crippen LogP contribution in [0.4, 0.5) is 5.69 Å². The monoisotopic (exact) mass is 329 g/mol. The number of amides is 1. The smallest absolute Gasteiger partial charge is 0.238 e. The van der Waals surface area contributed by atoms with E-state index >= 15 is 0 Å². The Kier molecular flexibility index (Phi) is 5.26. The first-order chi connectivity index (χ1) is 11.4. The van der Waals surface area contributed by atoms with Gasteiger partial charge in [-0.05, 0) is 55.5 Å². The molecular formula is C20H31N3O. The average molecular weight is 329 g/mol. The van der Waals surface area contributed by atoms with E-state index in [1.54, 1.807) is 0 Å². The van der Waals surface area contributed by atoms with Crippen molar-refractivity contribution in [1.29, 1.82) is 0 Å². The van der Waals surface area contributed by atoms with E-state index in [0.29, 0.717) is 12.6 Å². The molecule has 4 heteroatoms. The molecule has 0 spiro atoms. The van der Waals surface area contributed by atoms with Gasteiger partial charge in [-0.15, -0.1) is 0 Å². The summed E-state index contributed by atoms with van der Waals surface area (Å²) in [6.07, 6.45) is 3.87. The predicted molar refractivity (Wildman–Crippen MR) is 99.4 cm³/mol. The van der Waals surface area contributed by atoms with Gasteiger partial charge >= 0.3 is 0 Å². The second-order valence-corrected chi connectivity index (χ2v) is 8.30. The second-order valence-electron chi connectivity index (χ2n) is 8.30. The topological polar surface area (TPSA) is 35.6 Å². The molecule has 24 heavy (non-hydrogen) atoms. The van der Waals surface area contributed by atoms with E-state index in [1.165, 1.54) is 37.9 Å². The summed E-state index contributed by atoms with van der Waals surface area (Å²) < 4.78 is 0. The highest BCUT2D eigenvalue weighted by Gasteiger charge is 2.29. The van der Waals surface area contributed by atoms with Gasteiger partial charge in [-0.2, -0.15) is 0 Å². The SMILES string of the molecule is CC(C)(C)c1ccc(NC(=O)CN2CC[C@@H](N3CCCC3)C2)cc1. The van der Waals surface area contributed by atoms with Crippen LogP contribution in [-0.4, -0.2) is 54.5 Å². The quantitative estimate of drug-likeness (QED) is 0.922. The van der Waals surface area contributed by atoms with Gasteiger partial charge in [0.1, 0.15) is 0 Å². The number of nitrogens with one attached hydrogen (secondary N) is 1. The van der Waals surface area contributed by atoms with E-state index in [4.69, 9.17) is 0 Å². The number of carbonyl (C=O) groups is 1. The molecule has 0 bridgehead atoms. The van der Waals surface area contributed by atoms with Crippen LogP contribution in [0, 0.1) is 0 Å². The Morgan fingerprint density at radius 2 is 1.79 bits per heavy atom. The van der Waals surface area contributed by atoms with Gasteiger partial charge in [0.05, 0.1) is 6.54 Å². The number of hydrogen-bond acceptors (Lipinski definition) is 3. The summed E-state index contributed by atoms with van der Waals surface area (Å²) in [4.78, 5) is 17.2. The predicted octanol–water partition coefficient (Wildman–Crippen LogP) is 3.09. The average Bonchev–Trinajstić information content (AvgIpc) is 3.17. The second kappa shape index (κ2) is 7.24. The zero-order chi connectivity index (χ0) is 17.2. The van der Waals surface area contributed by atoms with E-state index in [1.807, 2.05) is 12.1 Å². The van der Waals surface area contributed by atoms with Crippen LogP contribution in [0.1, 0.15) is 45.6 Å². The molecule has 4 nitrogen and oxygen atoms in total. The van der Waals surface area contributed by atoms with Crippen molar-refractivity contribution in [3.8, 4) is 0 Å². The lowest BCUT2D eigenvalue weighted by Crippen LogP contribution is -2.37. The first-order valence-corrected chi connectivity index (χ1v) is 9.28. The molecule has 2 heterocycles. The minimum atomic E-state index is 0.0978. The molecule has 132 valence electrons. The summed E-state index contributed by atoms with van der Waals surface area (Å²) in [6, 6.07) is 8.89. The van der Waals surface area contributed by atoms with E-state index in [-0.39, 0.29) is 11.3 Å². The lowest BCUT2D eigenvalue weighted by Gasteiger charge is -2.23. The van der Waals surface area contributed by atoms with Crippen LogP contribution >= 0.6 is 0 Å². The molecule has 3 rings (SSSR count). The van der Waals surface area contributed by atoms with Gasteiger partial charge in [-0.25, -0.2) is 0 Å². The fourth-order valence-corrected chi connectivity index (χ4v) is 3.82. The number of likely N-dealkylation sites (tertiary alicyclic amines) is 2. The maximum absolute atomic E-state index is 12.3. The van der Waals surface area contributed by atoms with Crippen molar-refractivity contribution in [2.75, 3.05) is 38.0 Å². The molecule has 1 aromatic rings. The van der Waals surface area contributed by atoms with Gasteiger partial charge < -0.3 is 5.32 Å². The van der Waals surface area contributed by atoms with Crippen molar-refractivity contribution < 1.29 is 4.79 Å². The third kappa shape index (κ3) is 4.37. The molecule has 0 aromatic heterocycles. The van der Waals surface area contributed by atoms with E-state index < -0.39 is 0 Å². The molecule has 2 saturated heterocycles. The third-order valence-electron chi connectivity index (χ3n) is 5.31. The van der Waals surface area contributed by atoms with Crippen LogP contribution in [-0.2, 0) is 10.2 Å². The van der Waals surface area contributed by atoms with Crippen LogP contribution in [0.15, 0.2) is 24.3 Å². The van der Waals surface area contributed by atoms with Gasteiger partial charge in [0, 0.05) is 24.8 Å². The number of benzene rings is 1. The van der Waals surface area contributed by atoms with Crippen LogP contribution in [0.25, 0.3) is 0 Å². The molecule has 2 aliphatic rings. The van der Waals surface area contributed by atoms with E-state index in [2.05, 4.69) is 48.0 Å². The molecule has 0 aliphatic carbocycles. The lowest BCUT2D eigenvalue weighted by molar-refractivity contribution is -0.117. The van der Waals surface area contributed by atoms with Crippen LogP contribution in [0.2, 0.25) is 0 Å². The van der Waals surface area contributed by atoms with Crippen LogP contribution in [0.5, 0.6) is 0 Å². The van der Waals surface area contributed by atoms with Crippen molar-refractivity contribution >= 4 is 11.6 Å². The highest BCUT2D eigenvalue weighted by molar-refractivity contribution is 5.92. The van der Waals surface area contributed by atoms with Gasteiger partial charge in [-0.1, -0.05) is 32.9 Å². The van der Waals surface area contributed by atoms with Gasteiger partial charge in [0.25, 0.3) is 0 Å². The zero-order valence-electron chi connectivity index (χ0n) is 15.3. The van der Waals surface area contributed by atoms with Crippen LogP contribution in [0.3, 0.4) is 0 Å². The van der Waals surface area contributed by atoms with Gasteiger partial charge in [0.2, 0.25) is 5.91 Å². The highest BCUT2D eigenvalue weighted by atomic mass is 16.2. The minimum Gasteiger partial charge on any atom is -0.325 e. The maximum atomic E-state index is 12.3. The summed E-state index contributed by atoms with van der Waals surface area (Å²) >= 11 is 0. The zero-order valence-corrected chi connectivity index (χ0v) is 15.3. The van der Waals surface area contributed by atoms with Gasteiger partial charge in [-0.3, -0.25) is 14.6 Å². The molecule has 0 unspecified atom stereocenters. The Balaban J connectivity index is 1.47. The van der Waals surface area contributed by atoms with Crippen molar-refractivity contribution in [2.45, 2.75) is 51.5 Å². The standard InChI is InChI=1S/C20H31N3O/c1-20(2,3)16-6-8-17(9-7-16)21-19(24)15-22-13-10-18(14-22)23-11-4-5-12-23/h6-9,18H,4-5,10-15H2,1-3H3,(H,21,24)/t18-/m1/s1. The van der Waals surface area contributed by atoms with E-state index in [0.717, 1.165) is 18.8 Å². The fourth-order valence-electron chi connectivity index (χ4n) is 3.82. The molecule has 1 N–H and O–H groups in total. The molecule has 2 fully saturated rings. The molecule has 2 aliphatic heterocycles. The lowest BCUT2D eigenvalue weighted by atomic mass is 9.87. The third-order valence-corrected chi connectivity index (χ3v) is 5.31. The number of carbonyl (C=O) groups excluding carboxylic acids is 1. The number of rotatable bonds is 4. The van der Waals surface area contributed by atoms with Crippen molar-refractivity contribution in [2.24, 2.45) is 0 Å². The maximum Gasteiger partial charge on any atom is 0.238 e. The summed E-state index contributed by atoms with van der Waals surface area (Å²) in [5, 5.41) is 3.04. The fraction of sp³-hybridized carbons (Fsp3) is 0.650. The normalized spacial score (nSPS) is 22.9. The first-order valence-electron chi connectivity index (χ1n) is 9.28. The van der Waals surface area contributed by atoms with E-state index in [9.17, 15) is 4.79 Å². The Labute approximate surface area is 146 Å². The van der Waals surface area contributed by atoms with Gasteiger partial charge in [0.15, 0.2) is 0 Å². The summed E-state index contributed by atoms with van der Waals surface area (Å²) in [5.41, 5.74) is 2.32. The summed E-state index contributed by atoms with van der Waals surface area (Å²) in [6.45, 7) is 11.7. The number of nitrogens with zero attached hydrogens (tertiary/aromatic N) is 2. The molecule has 0 saturated carbocycles. The highest BCUT2D eigenvalue weighted by Crippen LogP contribution is 2.24. The molecule has 1 aromatic carbocycles. The summed E-state index contributed by atoms with van der Waals surface area (Å²) in [5.74, 6) is 0.0978.